The van der Waals surface area contributed by atoms with Gasteiger partial charge in [0, 0.05) is 18.6 Å². The van der Waals surface area contributed by atoms with Crippen LogP contribution in [0.4, 0.5) is 0 Å². The molecule has 0 aromatic rings. The Morgan fingerprint density at radius 2 is 2.13 bits per heavy atom. The summed E-state index contributed by atoms with van der Waals surface area (Å²) in [5.74, 6) is 0. The van der Waals surface area contributed by atoms with E-state index in [0.29, 0.717) is 6.04 Å². The zero-order valence-corrected chi connectivity index (χ0v) is 10.8. The minimum Gasteiger partial charge on any atom is -0.313 e. The molecule has 15 heavy (non-hydrogen) atoms. The molecule has 0 amide bonds. The SMILES string of the molecule is CCCCN1CCCCC1CNC(C)C. The molecule has 1 N–H and O–H groups in total. The maximum atomic E-state index is 3.58. The highest BCUT2D eigenvalue weighted by Crippen LogP contribution is 2.17. The van der Waals surface area contributed by atoms with Gasteiger partial charge < -0.3 is 5.32 Å². The standard InChI is InChI=1S/C13H28N2/c1-4-5-9-15-10-7-6-8-13(15)11-14-12(2)3/h12-14H,4-11H2,1-3H3. The van der Waals surface area contributed by atoms with Gasteiger partial charge in [-0.25, -0.2) is 0 Å². The van der Waals surface area contributed by atoms with Crippen molar-refractivity contribution in [1.82, 2.24) is 10.2 Å². The fourth-order valence-electron chi connectivity index (χ4n) is 2.32. The van der Waals surface area contributed by atoms with Crippen molar-refractivity contribution in [2.24, 2.45) is 0 Å². The third-order valence-corrected chi connectivity index (χ3v) is 3.31. The predicted molar refractivity (Wildman–Crippen MR) is 67.3 cm³/mol. The molecule has 1 rings (SSSR count). The van der Waals surface area contributed by atoms with Gasteiger partial charge in [-0.05, 0) is 32.4 Å². The van der Waals surface area contributed by atoms with E-state index in [4.69, 9.17) is 0 Å². The molecule has 0 saturated carbocycles. The molecule has 90 valence electrons. The van der Waals surface area contributed by atoms with Crippen LogP contribution in [0, 0.1) is 0 Å². The third-order valence-electron chi connectivity index (χ3n) is 3.31. The van der Waals surface area contributed by atoms with Gasteiger partial charge in [-0.2, -0.15) is 0 Å². The van der Waals surface area contributed by atoms with Crippen molar-refractivity contribution in [2.75, 3.05) is 19.6 Å². The molecule has 1 unspecified atom stereocenters. The van der Waals surface area contributed by atoms with E-state index in [2.05, 4.69) is 31.0 Å². The third kappa shape index (κ3) is 4.98. The van der Waals surface area contributed by atoms with Gasteiger partial charge >= 0.3 is 0 Å². The Hall–Kier alpha value is -0.0800. The fourth-order valence-corrected chi connectivity index (χ4v) is 2.32. The minimum atomic E-state index is 0.625. The number of nitrogens with one attached hydrogen (secondary N) is 1. The number of rotatable bonds is 6. The van der Waals surface area contributed by atoms with Crippen molar-refractivity contribution in [3.05, 3.63) is 0 Å². The Kier molecular flexibility index (Phi) is 6.26. The molecule has 1 aliphatic heterocycles. The number of unbranched alkanes of at least 4 members (excludes halogenated alkanes) is 1. The molecular formula is C13H28N2. The summed E-state index contributed by atoms with van der Waals surface area (Å²) < 4.78 is 0. The number of hydrogen-bond acceptors (Lipinski definition) is 2. The van der Waals surface area contributed by atoms with Gasteiger partial charge in [0.25, 0.3) is 0 Å². The highest BCUT2D eigenvalue weighted by Gasteiger charge is 2.21. The molecule has 0 aromatic heterocycles. The van der Waals surface area contributed by atoms with E-state index in [1.54, 1.807) is 0 Å². The lowest BCUT2D eigenvalue weighted by atomic mass is 10.0. The molecule has 0 aliphatic carbocycles. The smallest absolute Gasteiger partial charge is 0.0220 e. The van der Waals surface area contributed by atoms with E-state index < -0.39 is 0 Å². The molecule has 2 nitrogen and oxygen atoms in total. The molecule has 2 heteroatoms. The monoisotopic (exact) mass is 212 g/mol. The molecule has 0 bridgehead atoms. The van der Waals surface area contributed by atoms with E-state index in [9.17, 15) is 0 Å². The summed E-state index contributed by atoms with van der Waals surface area (Å²) in [6.07, 6.45) is 6.90. The van der Waals surface area contributed by atoms with Crippen LogP contribution in [0.5, 0.6) is 0 Å². The largest absolute Gasteiger partial charge is 0.313 e. The maximum Gasteiger partial charge on any atom is 0.0220 e. The zero-order valence-electron chi connectivity index (χ0n) is 10.8. The lowest BCUT2D eigenvalue weighted by molar-refractivity contribution is 0.141. The van der Waals surface area contributed by atoms with Crippen LogP contribution in [0.25, 0.3) is 0 Å². The minimum absolute atomic E-state index is 0.625. The van der Waals surface area contributed by atoms with Gasteiger partial charge in [-0.1, -0.05) is 33.6 Å². The van der Waals surface area contributed by atoms with E-state index >= 15 is 0 Å². The van der Waals surface area contributed by atoms with Gasteiger partial charge in [0.05, 0.1) is 0 Å². The number of likely N-dealkylation sites (tertiary alicyclic amines) is 1. The van der Waals surface area contributed by atoms with Crippen LogP contribution in [-0.4, -0.2) is 36.6 Å². The Balaban J connectivity index is 2.29. The normalized spacial score (nSPS) is 23.6. The topological polar surface area (TPSA) is 15.3 Å². The van der Waals surface area contributed by atoms with Crippen LogP contribution < -0.4 is 5.32 Å². The lowest BCUT2D eigenvalue weighted by Crippen LogP contribution is -2.47. The Bertz CT molecular complexity index is 157. The Morgan fingerprint density at radius 3 is 2.80 bits per heavy atom. The summed E-state index contributed by atoms with van der Waals surface area (Å²) in [5, 5.41) is 3.58. The predicted octanol–water partition coefficient (Wildman–Crippen LogP) is 2.64. The molecule has 1 saturated heterocycles. The first-order valence-electron chi connectivity index (χ1n) is 6.71. The van der Waals surface area contributed by atoms with E-state index in [0.717, 1.165) is 6.04 Å². The summed E-state index contributed by atoms with van der Waals surface area (Å²) in [4.78, 5) is 2.70. The molecule has 1 atom stereocenters. The van der Waals surface area contributed by atoms with Crippen LogP contribution >= 0.6 is 0 Å². The average Bonchev–Trinajstić information content (AvgIpc) is 2.24. The van der Waals surface area contributed by atoms with Crippen LogP contribution in [0.15, 0.2) is 0 Å². The molecule has 0 aromatic carbocycles. The Morgan fingerprint density at radius 1 is 1.33 bits per heavy atom. The van der Waals surface area contributed by atoms with Gasteiger partial charge in [-0.3, -0.25) is 4.90 Å². The van der Waals surface area contributed by atoms with E-state index in [1.807, 2.05) is 0 Å². The molecule has 1 fully saturated rings. The maximum absolute atomic E-state index is 3.58. The molecule has 1 heterocycles. The molecular weight excluding hydrogens is 184 g/mol. The van der Waals surface area contributed by atoms with Crippen molar-refractivity contribution in [2.45, 2.75) is 65.0 Å². The van der Waals surface area contributed by atoms with Gasteiger partial charge in [-0.15, -0.1) is 0 Å². The first-order valence-corrected chi connectivity index (χ1v) is 6.71. The summed E-state index contributed by atoms with van der Waals surface area (Å²) >= 11 is 0. The van der Waals surface area contributed by atoms with Crippen molar-refractivity contribution in [3.8, 4) is 0 Å². The zero-order chi connectivity index (χ0) is 11.1. The lowest BCUT2D eigenvalue weighted by Gasteiger charge is -2.36. The first kappa shape index (κ1) is 13.0. The summed E-state index contributed by atoms with van der Waals surface area (Å²) in [6.45, 7) is 10.6. The molecule has 1 aliphatic rings. The second-order valence-corrected chi connectivity index (χ2v) is 5.10. The highest BCUT2D eigenvalue weighted by molar-refractivity contribution is 4.79. The first-order chi connectivity index (χ1) is 7.24. The number of hydrogen-bond donors (Lipinski definition) is 1. The van der Waals surface area contributed by atoms with Crippen LogP contribution in [0.1, 0.15) is 52.9 Å². The van der Waals surface area contributed by atoms with Crippen molar-refractivity contribution in [3.63, 3.8) is 0 Å². The molecule has 0 spiro atoms. The second-order valence-electron chi connectivity index (χ2n) is 5.10. The van der Waals surface area contributed by atoms with Crippen molar-refractivity contribution >= 4 is 0 Å². The van der Waals surface area contributed by atoms with E-state index in [1.165, 1.54) is 51.7 Å². The van der Waals surface area contributed by atoms with Crippen LogP contribution in [0.2, 0.25) is 0 Å². The van der Waals surface area contributed by atoms with Gasteiger partial charge in [0.1, 0.15) is 0 Å². The van der Waals surface area contributed by atoms with Gasteiger partial charge in [0.15, 0.2) is 0 Å². The summed E-state index contributed by atoms with van der Waals surface area (Å²) in [6, 6.07) is 1.42. The second kappa shape index (κ2) is 7.24. The average molecular weight is 212 g/mol. The summed E-state index contributed by atoms with van der Waals surface area (Å²) in [7, 11) is 0. The number of piperidine rings is 1. The quantitative estimate of drug-likeness (QED) is 0.728. The summed E-state index contributed by atoms with van der Waals surface area (Å²) in [5.41, 5.74) is 0. The van der Waals surface area contributed by atoms with Crippen molar-refractivity contribution in [1.29, 1.82) is 0 Å². The van der Waals surface area contributed by atoms with Crippen molar-refractivity contribution < 1.29 is 0 Å². The highest BCUT2D eigenvalue weighted by atomic mass is 15.2. The van der Waals surface area contributed by atoms with Gasteiger partial charge in [0.2, 0.25) is 0 Å². The fraction of sp³-hybridized carbons (Fsp3) is 1.00. The van der Waals surface area contributed by atoms with Crippen LogP contribution in [0.3, 0.4) is 0 Å². The molecule has 0 radical (unpaired) electrons. The van der Waals surface area contributed by atoms with Crippen LogP contribution in [-0.2, 0) is 0 Å². The number of nitrogens with zero attached hydrogens (tertiary/aromatic N) is 1. The Labute approximate surface area is 95.4 Å². The van der Waals surface area contributed by atoms with E-state index in [-0.39, 0.29) is 0 Å².